The fourth-order valence-electron chi connectivity index (χ4n) is 2.31. The van der Waals surface area contributed by atoms with Gasteiger partial charge in [-0.25, -0.2) is 0 Å². The summed E-state index contributed by atoms with van der Waals surface area (Å²) in [6.07, 6.45) is -3.86. The van der Waals surface area contributed by atoms with Crippen LogP contribution in [0.1, 0.15) is 28.2 Å². The number of nitrogens with zero attached hydrogens (tertiary/aromatic N) is 2. The third-order valence-electron chi connectivity index (χ3n) is 3.69. The molecule has 1 aromatic heterocycles. The average Bonchev–Trinajstić information content (AvgIpc) is 3.11. The molecule has 0 atom stereocenters. The van der Waals surface area contributed by atoms with Gasteiger partial charge in [0.15, 0.2) is 5.78 Å². The van der Waals surface area contributed by atoms with Crippen LogP contribution in [0, 0.1) is 0 Å². The van der Waals surface area contributed by atoms with Gasteiger partial charge >= 0.3 is 12.1 Å². The van der Waals surface area contributed by atoms with E-state index in [0.717, 1.165) is 5.56 Å². The van der Waals surface area contributed by atoms with Gasteiger partial charge in [0.25, 0.3) is 0 Å². The van der Waals surface area contributed by atoms with Crippen molar-refractivity contribution in [3.63, 3.8) is 0 Å². The van der Waals surface area contributed by atoms with Crippen molar-refractivity contribution < 1.29 is 22.5 Å². The highest BCUT2D eigenvalue weighted by Crippen LogP contribution is 2.29. The van der Waals surface area contributed by atoms with Gasteiger partial charge in [-0.2, -0.15) is 18.2 Å². The highest BCUT2D eigenvalue weighted by atomic mass is 35.5. The van der Waals surface area contributed by atoms with Crippen LogP contribution in [-0.4, -0.2) is 15.9 Å². The number of Topliss-reactive ketones (excluding diaryl/α,β-unsaturated/α-hetero) is 1. The number of hydrogen-bond donors (Lipinski definition) is 0. The summed E-state index contributed by atoms with van der Waals surface area (Å²) >= 11 is 5.79. The molecule has 0 N–H and O–H groups in total. The van der Waals surface area contributed by atoms with Gasteiger partial charge in [-0.05, 0) is 36.2 Å². The van der Waals surface area contributed by atoms with Gasteiger partial charge in [0.05, 0.1) is 0 Å². The largest absolute Gasteiger partial charge is 0.471 e. The van der Waals surface area contributed by atoms with E-state index in [9.17, 15) is 18.0 Å². The van der Waals surface area contributed by atoms with Crippen LogP contribution in [-0.2, 0) is 12.6 Å². The van der Waals surface area contributed by atoms with E-state index in [1.807, 2.05) is 0 Å². The van der Waals surface area contributed by atoms with E-state index in [2.05, 4.69) is 14.7 Å². The molecule has 0 fully saturated rings. The second-order valence-corrected chi connectivity index (χ2v) is 5.98. The average molecular weight is 381 g/mol. The standard InChI is InChI=1S/C18H12ClF3N2O2/c19-14-8-6-12(7-9-14)15(25)10-3-11-1-4-13(5-2-11)16-23-17(26-24-16)18(20,21)22/h1-2,4-9H,3,10H2. The van der Waals surface area contributed by atoms with Crippen LogP contribution < -0.4 is 0 Å². The molecule has 8 heteroatoms. The monoisotopic (exact) mass is 380 g/mol. The van der Waals surface area contributed by atoms with Crippen molar-refractivity contribution in [3.8, 4) is 11.4 Å². The minimum atomic E-state index is -4.67. The Kier molecular flexibility index (Phi) is 5.08. The number of hydrogen-bond acceptors (Lipinski definition) is 4. The Morgan fingerprint density at radius 3 is 2.27 bits per heavy atom. The Labute approximate surface area is 151 Å². The molecule has 0 aliphatic carbocycles. The molecule has 0 spiro atoms. The lowest BCUT2D eigenvalue weighted by Crippen LogP contribution is -2.04. The highest BCUT2D eigenvalue weighted by molar-refractivity contribution is 6.30. The molecular formula is C18H12ClF3N2O2. The van der Waals surface area contributed by atoms with Gasteiger partial charge in [-0.1, -0.05) is 41.0 Å². The summed E-state index contributed by atoms with van der Waals surface area (Å²) in [7, 11) is 0. The molecule has 0 saturated heterocycles. The smallest absolute Gasteiger partial charge is 0.329 e. The lowest BCUT2D eigenvalue weighted by atomic mass is 10.0. The van der Waals surface area contributed by atoms with Gasteiger partial charge < -0.3 is 4.52 Å². The van der Waals surface area contributed by atoms with Gasteiger partial charge in [-0.15, -0.1) is 0 Å². The lowest BCUT2D eigenvalue weighted by Gasteiger charge is -2.03. The molecule has 26 heavy (non-hydrogen) atoms. The third-order valence-corrected chi connectivity index (χ3v) is 3.94. The van der Waals surface area contributed by atoms with Crippen LogP contribution in [0.3, 0.4) is 0 Å². The number of carbonyl (C=O) groups is 1. The van der Waals surface area contributed by atoms with Crippen LogP contribution in [0.2, 0.25) is 5.02 Å². The Hall–Kier alpha value is -2.67. The van der Waals surface area contributed by atoms with Crippen LogP contribution in [0.15, 0.2) is 53.1 Å². The number of aromatic nitrogens is 2. The molecule has 0 aliphatic heterocycles. The summed E-state index contributed by atoms with van der Waals surface area (Å²) in [5, 5.41) is 3.89. The summed E-state index contributed by atoms with van der Waals surface area (Å²) in [6.45, 7) is 0. The van der Waals surface area contributed by atoms with Gasteiger partial charge in [-0.3, -0.25) is 4.79 Å². The van der Waals surface area contributed by atoms with E-state index in [-0.39, 0.29) is 11.6 Å². The molecule has 0 unspecified atom stereocenters. The number of aryl methyl sites for hydroxylation is 1. The van der Waals surface area contributed by atoms with Crippen molar-refractivity contribution in [2.24, 2.45) is 0 Å². The maximum atomic E-state index is 12.5. The number of alkyl halides is 3. The van der Waals surface area contributed by atoms with E-state index < -0.39 is 12.1 Å². The summed E-state index contributed by atoms with van der Waals surface area (Å²) in [5.74, 6) is -1.54. The predicted octanol–water partition coefficient (Wildman–Crippen LogP) is 5.22. The molecule has 3 rings (SSSR count). The zero-order chi connectivity index (χ0) is 18.7. The van der Waals surface area contributed by atoms with Crippen LogP contribution in [0.5, 0.6) is 0 Å². The maximum absolute atomic E-state index is 12.5. The van der Waals surface area contributed by atoms with Gasteiger partial charge in [0.2, 0.25) is 5.82 Å². The van der Waals surface area contributed by atoms with E-state index in [4.69, 9.17) is 11.6 Å². The minimum absolute atomic E-state index is 0.0151. The quantitative estimate of drug-likeness (QED) is 0.569. The van der Waals surface area contributed by atoms with E-state index >= 15 is 0 Å². The second-order valence-electron chi connectivity index (χ2n) is 5.55. The first kappa shape index (κ1) is 18.1. The molecule has 0 amide bonds. The molecule has 2 aromatic carbocycles. The SMILES string of the molecule is O=C(CCc1ccc(-c2noc(C(F)(F)F)n2)cc1)c1ccc(Cl)cc1. The Morgan fingerprint density at radius 2 is 1.69 bits per heavy atom. The number of halogens is 4. The van der Waals surface area contributed by atoms with Crippen molar-refractivity contribution in [3.05, 3.63) is 70.6 Å². The third kappa shape index (κ3) is 4.29. The zero-order valence-corrected chi connectivity index (χ0v) is 14.0. The molecule has 1 heterocycles. The summed E-state index contributed by atoms with van der Waals surface area (Å²) < 4.78 is 41.7. The molecule has 4 nitrogen and oxygen atoms in total. The van der Waals surface area contributed by atoms with Crippen molar-refractivity contribution >= 4 is 17.4 Å². The molecule has 0 bridgehead atoms. The normalized spacial score (nSPS) is 11.5. The first-order valence-corrected chi connectivity index (χ1v) is 8.00. The number of benzene rings is 2. The van der Waals surface area contributed by atoms with Crippen molar-refractivity contribution in [1.82, 2.24) is 10.1 Å². The Bertz CT molecular complexity index is 903. The van der Waals surface area contributed by atoms with Crippen LogP contribution >= 0.6 is 11.6 Å². The molecule has 0 aliphatic rings. The fraction of sp³-hybridized carbons (Fsp3) is 0.167. The van der Waals surface area contributed by atoms with Crippen molar-refractivity contribution in [2.45, 2.75) is 19.0 Å². The molecule has 134 valence electrons. The van der Waals surface area contributed by atoms with Crippen LogP contribution in [0.25, 0.3) is 11.4 Å². The minimum Gasteiger partial charge on any atom is -0.329 e. The number of ketones is 1. The number of carbonyl (C=O) groups excluding carboxylic acids is 1. The van der Waals surface area contributed by atoms with E-state index in [1.54, 1.807) is 48.5 Å². The van der Waals surface area contributed by atoms with Crippen molar-refractivity contribution in [1.29, 1.82) is 0 Å². The van der Waals surface area contributed by atoms with Crippen LogP contribution in [0.4, 0.5) is 13.2 Å². The zero-order valence-electron chi connectivity index (χ0n) is 13.3. The lowest BCUT2D eigenvalue weighted by molar-refractivity contribution is -0.159. The Balaban J connectivity index is 1.63. The predicted molar refractivity (Wildman–Crippen MR) is 88.8 cm³/mol. The Morgan fingerprint density at radius 1 is 1.04 bits per heavy atom. The molecular weight excluding hydrogens is 369 g/mol. The summed E-state index contributed by atoms with van der Waals surface area (Å²) in [6, 6.07) is 13.3. The van der Waals surface area contributed by atoms with Crippen molar-refractivity contribution in [2.75, 3.05) is 0 Å². The van der Waals surface area contributed by atoms with E-state index in [1.165, 1.54) is 0 Å². The summed E-state index contributed by atoms with van der Waals surface area (Å²) in [5.41, 5.74) is 1.85. The molecule has 3 aromatic rings. The highest BCUT2D eigenvalue weighted by Gasteiger charge is 2.38. The molecule has 0 radical (unpaired) electrons. The summed E-state index contributed by atoms with van der Waals surface area (Å²) in [4.78, 5) is 15.5. The topological polar surface area (TPSA) is 56.0 Å². The second kappa shape index (κ2) is 7.29. The van der Waals surface area contributed by atoms with E-state index in [0.29, 0.717) is 29.0 Å². The first-order chi connectivity index (χ1) is 12.3. The first-order valence-electron chi connectivity index (χ1n) is 7.62. The maximum Gasteiger partial charge on any atom is 0.471 e. The fourth-order valence-corrected chi connectivity index (χ4v) is 2.44. The number of rotatable bonds is 5. The molecule has 0 saturated carbocycles. The van der Waals surface area contributed by atoms with Gasteiger partial charge in [0, 0.05) is 22.6 Å². The van der Waals surface area contributed by atoms with Gasteiger partial charge in [0.1, 0.15) is 0 Å².